The highest BCUT2D eigenvalue weighted by molar-refractivity contribution is 7.19. The van der Waals surface area contributed by atoms with E-state index in [1.165, 1.54) is 6.92 Å². The number of anilines is 2. The Hall–Kier alpha value is -3.34. The summed E-state index contributed by atoms with van der Waals surface area (Å²) < 4.78 is 0. The monoisotopic (exact) mass is 504 g/mol. The first kappa shape index (κ1) is 27.9. The highest BCUT2D eigenvalue weighted by Crippen LogP contribution is 2.30. The predicted molar refractivity (Wildman–Crippen MR) is 135 cm³/mol. The molecule has 0 bridgehead atoms. The number of unbranched alkanes of at least 4 members (excludes halogenated alkanes) is 8. The number of para-hydroxylation sites is 1. The van der Waals surface area contributed by atoms with Gasteiger partial charge in [-0.15, -0.1) is 0 Å². The third-order valence-electron chi connectivity index (χ3n) is 5.40. The number of hydrogen-bond acceptors (Lipinski definition) is 7. The molecule has 0 fully saturated rings. The van der Waals surface area contributed by atoms with E-state index in [0.29, 0.717) is 12.1 Å². The molecule has 0 saturated carbocycles. The lowest BCUT2D eigenvalue weighted by Gasteiger charge is -2.10. The van der Waals surface area contributed by atoms with Gasteiger partial charge in [0.05, 0.1) is 16.2 Å². The van der Waals surface area contributed by atoms with Gasteiger partial charge in [-0.3, -0.25) is 29.8 Å². The van der Waals surface area contributed by atoms with Crippen LogP contribution < -0.4 is 10.6 Å². The van der Waals surface area contributed by atoms with Gasteiger partial charge in [0.1, 0.15) is 5.69 Å². The van der Waals surface area contributed by atoms with E-state index in [1.807, 2.05) is 0 Å². The number of carboxylic acid groups (broad SMARTS) is 1. The van der Waals surface area contributed by atoms with Crippen LogP contribution in [0.3, 0.4) is 0 Å². The fourth-order valence-corrected chi connectivity index (χ4v) is 4.36. The van der Waals surface area contributed by atoms with Crippen molar-refractivity contribution >= 4 is 44.9 Å². The second-order valence-corrected chi connectivity index (χ2v) is 9.27. The molecule has 0 spiro atoms. The van der Waals surface area contributed by atoms with Gasteiger partial charge in [0.25, 0.3) is 5.91 Å². The summed E-state index contributed by atoms with van der Waals surface area (Å²) in [6, 6.07) is 6.60. The van der Waals surface area contributed by atoms with Gasteiger partial charge in [-0.1, -0.05) is 57.1 Å². The van der Waals surface area contributed by atoms with Gasteiger partial charge >= 0.3 is 11.0 Å². The maximum Gasteiger partial charge on any atom is 0.348 e. The minimum Gasteiger partial charge on any atom is -0.481 e. The Balaban J connectivity index is 1.70. The van der Waals surface area contributed by atoms with Gasteiger partial charge in [-0.25, -0.2) is 4.98 Å². The first-order chi connectivity index (χ1) is 16.8. The molecule has 3 N–H and O–H groups in total. The predicted octanol–water partition coefficient (Wildman–Crippen LogP) is 5.93. The Morgan fingerprint density at radius 1 is 0.943 bits per heavy atom. The number of amides is 2. The van der Waals surface area contributed by atoms with Gasteiger partial charge in [0, 0.05) is 12.8 Å². The molecular weight excluding hydrogens is 472 g/mol. The van der Waals surface area contributed by atoms with E-state index in [9.17, 15) is 24.5 Å². The molecule has 1 aromatic heterocycles. The Labute approximate surface area is 208 Å². The number of aromatic nitrogens is 1. The number of nitrogens with one attached hydrogen (secondary N) is 2. The Morgan fingerprint density at radius 2 is 1.51 bits per heavy atom. The van der Waals surface area contributed by atoms with Crippen molar-refractivity contribution in [3.63, 3.8) is 0 Å². The molecule has 0 saturated heterocycles. The van der Waals surface area contributed by atoms with Crippen LogP contribution in [-0.4, -0.2) is 32.8 Å². The van der Waals surface area contributed by atoms with E-state index >= 15 is 0 Å². The van der Waals surface area contributed by atoms with Crippen LogP contribution in [-0.2, 0) is 9.59 Å². The highest BCUT2D eigenvalue weighted by Gasteiger charge is 2.20. The lowest BCUT2D eigenvalue weighted by molar-refractivity contribution is -0.380. The minimum atomic E-state index is -0.736. The smallest absolute Gasteiger partial charge is 0.348 e. The molecule has 1 aromatic carbocycles. The molecule has 190 valence electrons. The second kappa shape index (κ2) is 14.8. The van der Waals surface area contributed by atoms with E-state index < -0.39 is 16.8 Å². The SMILES string of the molecule is Cc1nc(NC(=O)c2ccccc2NC(=O)CCCCCCCCCCCC(=O)O)sc1[N+](=O)[O-]. The summed E-state index contributed by atoms with van der Waals surface area (Å²) in [5, 5.41) is 25.0. The van der Waals surface area contributed by atoms with Crippen LogP contribution in [0.4, 0.5) is 15.8 Å². The van der Waals surface area contributed by atoms with Gasteiger partial charge in [0.2, 0.25) is 5.91 Å². The van der Waals surface area contributed by atoms with Crippen molar-refractivity contribution in [2.45, 2.75) is 77.6 Å². The summed E-state index contributed by atoms with van der Waals surface area (Å²) in [5.41, 5.74) is 0.855. The van der Waals surface area contributed by atoms with Crippen LogP contribution in [0.2, 0.25) is 0 Å². The molecule has 0 atom stereocenters. The van der Waals surface area contributed by atoms with Crippen LogP contribution in [0.5, 0.6) is 0 Å². The standard InChI is InChI=1S/C24H32N4O6S/c1-17-23(28(33)34)35-24(25-17)27-22(32)18-13-11-12-14-19(18)26-20(29)15-9-7-5-3-2-4-6-8-10-16-21(30)31/h11-14H,2-10,15-16H2,1H3,(H,26,29)(H,30,31)(H,25,27,32). The zero-order valence-corrected chi connectivity index (χ0v) is 20.7. The number of carbonyl (C=O) groups is 3. The van der Waals surface area contributed by atoms with Crippen molar-refractivity contribution in [3.8, 4) is 0 Å². The number of nitrogens with zero attached hydrogens (tertiary/aromatic N) is 2. The average Bonchev–Trinajstić information content (AvgIpc) is 3.17. The summed E-state index contributed by atoms with van der Waals surface area (Å²) in [6.07, 6.45) is 9.39. The number of benzene rings is 1. The molecular formula is C24H32N4O6S. The Bertz CT molecular complexity index is 1020. The number of carbonyl (C=O) groups excluding carboxylic acids is 2. The zero-order valence-electron chi connectivity index (χ0n) is 19.9. The van der Waals surface area contributed by atoms with E-state index in [2.05, 4.69) is 15.6 Å². The molecule has 10 nitrogen and oxygen atoms in total. The topological polar surface area (TPSA) is 152 Å². The Morgan fingerprint density at radius 3 is 2.09 bits per heavy atom. The fraction of sp³-hybridized carbons (Fsp3) is 0.500. The van der Waals surface area contributed by atoms with Gasteiger partial charge in [-0.2, -0.15) is 0 Å². The number of aryl methyl sites for hydroxylation is 1. The normalized spacial score (nSPS) is 10.7. The van der Waals surface area contributed by atoms with E-state index in [-0.39, 0.29) is 33.7 Å². The van der Waals surface area contributed by atoms with Crippen molar-refractivity contribution in [2.75, 3.05) is 10.6 Å². The van der Waals surface area contributed by atoms with Crippen molar-refractivity contribution in [1.82, 2.24) is 4.98 Å². The molecule has 0 radical (unpaired) electrons. The summed E-state index contributed by atoms with van der Waals surface area (Å²) in [5.74, 6) is -1.42. The maximum atomic E-state index is 12.7. The van der Waals surface area contributed by atoms with Gasteiger partial charge in [-0.05, 0) is 43.2 Å². The molecule has 2 aromatic rings. The lowest BCUT2D eigenvalue weighted by Crippen LogP contribution is -2.18. The largest absolute Gasteiger partial charge is 0.481 e. The van der Waals surface area contributed by atoms with Crippen molar-refractivity contribution in [1.29, 1.82) is 0 Å². The quantitative estimate of drug-likeness (QED) is 0.146. The third kappa shape index (κ3) is 10.2. The van der Waals surface area contributed by atoms with Crippen LogP contribution in [0.15, 0.2) is 24.3 Å². The van der Waals surface area contributed by atoms with E-state index in [4.69, 9.17) is 5.11 Å². The zero-order chi connectivity index (χ0) is 25.6. The van der Waals surface area contributed by atoms with Gasteiger partial charge < -0.3 is 10.4 Å². The van der Waals surface area contributed by atoms with E-state index in [1.54, 1.807) is 24.3 Å². The lowest BCUT2D eigenvalue weighted by atomic mass is 10.1. The number of carboxylic acids is 1. The first-order valence-corrected chi connectivity index (χ1v) is 12.6. The molecule has 2 rings (SSSR count). The third-order valence-corrected chi connectivity index (χ3v) is 6.42. The molecule has 0 aliphatic carbocycles. The van der Waals surface area contributed by atoms with E-state index in [0.717, 1.165) is 69.1 Å². The Kier molecular flexibility index (Phi) is 11.8. The molecule has 0 unspecified atom stereocenters. The van der Waals surface area contributed by atoms with Crippen molar-refractivity contribution < 1.29 is 24.4 Å². The number of hydrogen-bond donors (Lipinski definition) is 3. The summed E-state index contributed by atoms with van der Waals surface area (Å²) in [6.45, 7) is 1.50. The molecule has 0 aliphatic rings. The average molecular weight is 505 g/mol. The van der Waals surface area contributed by atoms with Crippen LogP contribution in [0, 0.1) is 17.0 Å². The molecule has 1 heterocycles. The van der Waals surface area contributed by atoms with Crippen LogP contribution in [0.25, 0.3) is 0 Å². The first-order valence-electron chi connectivity index (χ1n) is 11.8. The number of aliphatic carboxylic acids is 1. The number of thiazole rings is 1. The molecule has 35 heavy (non-hydrogen) atoms. The number of rotatable bonds is 16. The molecule has 0 aliphatic heterocycles. The van der Waals surface area contributed by atoms with Crippen LogP contribution >= 0.6 is 11.3 Å². The minimum absolute atomic E-state index is 0.126. The van der Waals surface area contributed by atoms with Gasteiger partial charge in [0.15, 0.2) is 5.13 Å². The fourth-order valence-electron chi connectivity index (χ4n) is 3.58. The second-order valence-electron chi connectivity index (χ2n) is 8.29. The highest BCUT2D eigenvalue weighted by atomic mass is 32.1. The summed E-state index contributed by atoms with van der Waals surface area (Å²) >= 11 is 0.784. The van der Waals surface area contributed by atoms with Crippen molar-refractivity contribution in [2.24, 2.45) is 0 Å². The van der Waals surface area contributed by atoms with Crippen LogP contribution in [0.1, 0.15) is 86.7 Å². The molecule has 11 heteroatoms. The summed E-state index contributed by atoms with van der Waals surface area (Å²) in [7, 11) is 0. The maximum absolute atomic E-state index is 12.7. The number of nitro groups is 1. The summed E-state index contributed by atoms with van der Waals surface area (Å²) in [4.78, 5) is 50.0. The molecule has 2 amide bonds. The van der Waals surface area contributed by atoms with Crippen molar-refractivity contribution in [3.05, 3.63) is 45.6 Å².